The molecule has 2 heterocycles. The lowest BCUT2D eigenvalue weighted by Gasteiger charge is -2.27. The van der Waals surface area contributed by atoms with Crippen molar-refractivity contribution >= 4 is 11.9 Å². The third-order valence-electron chi connectivity index (χ3n) is 4.21. The number of aromatic nitrogens is 2. The molecule has 1 fully saturated rings. The van der Waals surface area contributed by atoms with Crippen LogP contribution in [0.4, 0.5) is 10.3 Å². The summed E-state index contributed by atoms with van der Waals surface area (Å²) >= 11 is 0. The smallest absolute Gasteiger partial charge is 0.245 e. The molecule has 1 aliphatic heterocycles. The quantitative estimate of drug-likeness (QED) is 0.803. The topological polar surface area (TPSA) is 58.6 Å². The number of halogens is 1. The molecule has 6 nitrogen and oxygen atoms in total. The Bertz CT molecular complexity index is 713. The van der Waals surface area contributed by atoms with Gasteiger partial charge in [-0.15, -0.1) is 0 Å². The third-order valence-corrected chi connectivity index (χ3v) is 4.21. The van der Waals surface area contributed by atoms with Crippen LogP contribution in [0.3, 0.4) is 0 Å². The molecule has 7 heteroatoms. The van der Waals surface area contributed by atoms with Gasteiger partial charge in [-0.1, -0.05) is 6.07 Å². The third kappa shape index (κ3) is 4.23. The first-order valence-corrected chi connectivity index (χ1v) is 8.32. The molecule has 0 saturated carbocycles. The molecule has 0 bridgehead atoms. The van der Waals surface area contributed by atoms with Gasteiger partial charge in [0.05, 0.1) is 6.54 Å². The fourth-order valence-corrected chi connectivity index (χ4v) is 2.92. The summed E-state index contributed by atoms with van der Waals surface area (Å²) in [6.07, 6.45) is 5.08. The summed E-state index contributed by atoms with van der Waals surface area (Å²) in [7, 11) is 1.75. The van der Waals surface area contributed by atoms with E-state index in [2.05, 4.69) is 9.97 Å². The molecule has 0 unspecified atom stereocenters. The van der Waals surface area contributed by atoms with E-state index in [1.165, 1.54) is 12.1 Å². The summed E-state index contributed by atoms with van der Waals surface area (Å²) in [5.74, 6) is 0.725. The van der Waals surface area contributed by atoms with E-state index in [4.69, 9.17) is 4.74 Å². The Morgan fingerprint density at radius 1 is 1.36 bits per heavy atom. The molecule has 1 aromatic heterocycles. The van der Waals surface area contributed by atoms with Gasteiger partial charge in [-0.05, 0) is 31.0 Å². The normalized spacial score (nSPS) is 16.7. The van der Waals surface area contributed by atoms with Crippen molar-refractivity contribution in [2.45, 2.75) is 18.9 Å². The number of likely N-dealkylation sites (N-methyl/N-ethyl adjacent to an activating group) is 1. The Morgan fingerprint density at radius 2 is 2.16 bits per heavy atom. The fourth-order valence-electron chi connectivity index (χ4n) is 2.92. The molecule has 1 aliphatic rings. The van der Waals surface area contributed by atoms with Crippen LogP contribution in [0, 0.1) is 5.82 Å². The summed E-state index contributed by atoms with van der Waals surface area (Å²) < 4.78 is 18.6. The van der Waals surface area contributed by atoms with Crippen LogP contribution in [0.2, 0.25) is 0 Å². The van der Waals surface area contributed by atoms with Crippen LogP contribution < -0.4 is 9.64 Å². The molecule has 1 atom stereocenters. The van der Waals surface area contributed by atoms with Crippen LogP contribution in [-0.2, 0) is 4.79 Å². The Balaban J connectivity index is 1.54. The Kier molecular flexibility index (Phi) is 5.42. The fraction of sp³-hybridized carbons (Fsp3) is 0.389. The molecule has 1 amide bonds. The van der Waals surface area contributed by atoms with E-state index in [0.29, 0.717) is 24.8 Å². The van der Waals surface area contributed by atoms with Gasteiger partial charge < -0.3 is 14.5 Å². The van der Waals surface area contributed by atoms with Gasteiger partial charge in [-0.3, -0.25) is 4.79 Å². The maximum Gasteiger partial charge on any atom is 0.245 e. The van der Waals surface area contributed by atoms with Crippen LogP contribution >= 0.6 is 0 Å². The minimum Gasteiger partial charge on any atom is -0.492 e. The van der Waals surface area contributed by atoms with Crippen molar-refractivity contribution in [1.82, 2.24) is 14.9 Å². The summed E-state index contributed by atoms with van der Waals surface area (Å²) in [5, 5.41) is 0. The molecule has 0 spiro atoms. The van der Waals surface area contributed by atoms with Gasteiger partial charge in [0, 0.05) is 32.1 Å². The van der Waals surface area contributed by atoms with Gasteiger partial charge in [0.2, 0.25) is 11.9 Å². The molecule has 3 rings (SSSR count). The highest BCUT2D eigenvalue weighted by Gasteiger charge is 2.34. The summed E-state index contributed by atoms with van der Waals surface area (Å²) in [5.41, 5.74) is 0. The molecule has 132 valence electrons. The lowest BCUT2D eigenvalue weighted by molar-refractivity contribution is -0.131. The summed E-state index contributed by atoms with van der Waals surface area (Å²) in [6, 6.07) is 7.48. The number of anilines is 1. The molecular formula is C18H21FN4O2. The van der Waals surface area contributed by atoms with Gasteiger partial charge in [-0.2, -0.15) is 0 Å². The largest absolute Gasteiger partial charge is 0.492 e. The highest BCUT2D eigenvalue weighted by atomic mass is 19.1. The number of nitrogens with zero attached hydrogens (tertiary/aromatic N) is 4. The SMILES string of the molecule is CN(CCOc1cccc(F)c1)C(=O)[C@H]1CCCN1c1ncccn1. The summed E-state index contributed by atoms with van der Waals surface area (Å²) in [4.78, 5) is 24.8. The minimum absolute atomic E-state index is 0.0211. The van der Waals surface area contributed by atoms with E-state index >= 15 is 0 Å². The predicted octanol–water partition coefficient (Wildman–Crippen LogP) is 2.12. The molecule has 2 aromatic rings. The van der Waals surface area contributed by atoms with E-state index < -0.39 is 0 Å². The van der Waals surface area contributed by atoms with Gasteiger partial charge >= 0.3 is 0 Å². The van der Waals surface area contributed by atoms with Gasteiger partial charge in [0.1, 0.15) is 24.2 Å². The van der Waals surface area contributed by atoms with Gasteiger partial charge in [0.15, 0.2) is 0 Å². The second kappa shape index (κ2) is 7.92. The van der Waals surface area contributed by atoms with Crippen molar-refractivity contribution in [3.8, 4) is 5.75 Å². The Morgan fingerprint density at radius 3 is 2.92 bits per heavy atom. The van der Waals surface area contributed by atoms with Gasteiger partial charge in [0.25, 0.3) is 0 Å². The molecule has 0 N–H and O–H groups in total. The highest BCUT2D eigenvalue weighted by molar-refractivity contribution is 5.85. The van der Waals surface area contributed by atoms with E-state index in [9.17, 15) is 9.18 Å². The zero-order valence-electron chi connectivity index (χ0n) is 14.1. The van der Waals surface area contributed by atoms with Crippen molar-refractivity contribution < 1.29 is 13.9 Å². The zero-order valence-corrected chi connectivity index (χ0v) is 14.1. The van der Waals surface area contributed by atoms with Crippen molar-refractivity contribution in [3.63, 3.8) is 0 Å². The molecule has 25 heavy (non-hydrogen) atoms. The van der Waals surface area contributed by atoms with Crippen LogP contribution in [0.25, 0.3) is 0 Å². The Hall–Kier alpha value is -2.70. The van der Waals surface area contributed by atoms with E-state index in [1.54, 1.807) is 42.5 Å². The second-order valence-corrected chi connectivity index (χ2v) is 5.97. The first-order chi connectivity index (χ1) is 12.1. The Labute approximate surface area is 146 Å². The second-order valence-electron chi connectivity index (χ2n) is 5.97. The molecular weight excluding hydrogens is 323 g/mol. The molecule has 0 radical (unpaired) electrons. The van der Waals surface area contributed by atoms with Crippen molar-refractivity contribution in [3.05, 3.63) is 48.5 Å². The maximum absolute atomic E-state index is 13.1. The van der Waals surface area contributed by atoms with Crippen LogP contribution in [0.15, 0.2) is 42.7 Å². The van der Waals surface area contributed by atoms with E-state index in [0.717, 1.165) is 19.4 Å². The predicted molar refractivity (Wildman–Crippen MR) is 91.9 cm³/mol. The number of hydrogen-bond acceptors (Lipinski definition) is 5. The van der Waals surface area contributed by atoms with Crippen molar-refractivity contribution in [2.75, 3.05) is 31.6 Å². The highest BCUT2D eigenvalue weighted by Crippen LogP contribution is 2.23. The maximum atomic E-state index is 13.1. The van der Waals surface area contributed by atoms with Crippen LogP contribution in [0.1, 0.15) is 12.8 Å². The standard InChI is InChI=1S/C18H21FN4O2/c1-22(11-12-25-15-6-2-5-14(19)13-15)17(24)16-7-3-10-23(16)18-20-8-4-9-21-18/h2,4-6,8-9,13,16H,3,7,10-12H2,1H3/t16-/m1/s1. The first kappa shape index (κ1) is 17.1. The van der Waals surface area contributed by atoms with E-state index in [-0.39, 0.29) is 17.8 Å². The number of carbonyl (C=O) groups is 1. The first-order valence-electron chi connectivity index (χ1n) is 8.32. The van der Waals surface area contributed by atoms with E-state index in [1.807, 2.05) is 4.90 Å². The zero-order chi connectivity index (χ0) is 17.6. The molecule has 1 saturated heterocycles. The average molecular weight is 344 g/mol. The number of hydrogen-bond donors (Lipinski definition) is 0. The lowest BCUT2D eigenvalue weighted by Crippen LogP contribution is -2.45. The van der Waals surface area contributed by atoms with Crippen molar-refractivity contribution in [1.29, 1.82) is 0 Å². The van der Waals surface area contributed by atoms with Crippen LogP contribution in [0.5, 0.6) is 5.75 Å². The van der Waals surface area contributed by atoms with Crippen LogP contribution in [-0.4, -0.2) is 53.6 Å². The molecule has 0 aliphatic carbocycles. The number of benzene rings is 1. The number of rotatable bonds is 6. The minimum atomic E-state index is -0.341. The number of ether oxygens (including phenoxy) is 1. The lowest BCUT2D eigenvalue weighted by atomic mass is 10.2. The molecule has 1 aromatic carbocycles. The number of amides is 1. The monoisotopic (exact) mass is 344 g/mol. The average Bonchev–Trinajstić information content (AvgIpc) is 3.11. The van der Waals surface area contributed by atoms with Crippen molar-refractivity contribution in [2.24, 2.45) is 0 Å². The summed E-state index contributed by atoms with van der Waals surface area (Å²) in [6.45, 7) is 1.50. The van der Waals surface area contributed by atoms with Gasteiger partial charge in [-0.25, -0.2) is 14.4 Å². The number of carbonyl (C=O) groups excluding carboxylic acids is 1.